The van der Waals surface area contributed by atoms with Crippen molar-refractivity contribution in [2.45, 2.75) is 31.3 Å². The summed E-state index contributed by atoms with van der Waals surface area (Å²) in [5.74, 6) is -0.329. The van der Waals surface area contributed by atoms with Crippen LogP contribution in [-0.4, -0.2) is 49.0 Å². The first kappa shape index (κ1) is 20.6. The molecular weight excluding hydrogens is 409 g/mol. The van der Waals surface area contributed by atoms with Crippen molar-refractivity contribution in [2.24, 2.45) is 0 Å². The van der Waals surface area contributed by atoms with Gasteiger partial charge in [0.25, 0.3) is 5.91 Å². The van der Waals surface area contributed by atoms with Crippen LogP contribution >= 0.6 is 11.6 Å². The molecular formula is C22H23ClFN3O3. The summed E-state index contributed by atoms with van der Waals surface area (Å²) in [7, 11) is 1.64. The van der Waals surface area contributed by atoms with Gasteiger partial charge in [-0.1, -0.05) is 11.6 Å². The molecule has 2 aliphatic rings. The molecule has 2 saturated heterocycles. The van der Waals surface area contributed by atoms with Crippen LogP contribution in [-0.2, 0) is 9.59 Å². The molecule has 0 radical (unpaired) electrons. The zero-order chi connectivity index (χ0) is 21.3. The maximum atomic E-state index is 13.4. The van der Waals surface area contributed by atoms with Crippen molar-refractivity contribution in [3.8, 4) is 5.75 Å². The summed E-state index contributed by atoms with van der Waals surface area (Å²) in [4.78, 5) is 28.6. The average molecular weight is 432 g/mol. The van der Waals surface area contributed by atoms with Gasteiger partial charge in [-0.05, 0) is 55.3 Å². The minimum Gasteiger partial charge on any atom is -0.497 e. The summed E-state index contributed by atoms with van der Waals surface area (Å²) in [6, 6.07) is 11.5. The fourth-order valence-electron chi connectivity index (χ4n) is 4.07. The fourth-order valence-corrected chi connectivity index (χ4v) is 4.25. The number of hydrogen-bond acceptors (Lipinski definition) is 5. The zero-order valence-electron chi connectivity index (χ0n) is 16.6. The topological polar surface area (TPSA) is 61.9 Å². The SMILES string of the molecule is COc1ccc(NC2CCN([C@H]3CC(=O)N(c4ccc(F)c(Cl)c4)C3=O)CC2)cc1. The van der Waals surface area contributed by atoms with Gasteiger partial charge >= 0.3 is 0 Å². The summed E-state index contributed by atoms with van der Waals surface area (Å²) < 4.78 is 18.6. The van der Waals surface area contributed by atoms with Crippen molar-refractivity contribution < 1.29 is 18.7 Å². The van der Waals surface area contributed by atoms with E-state index in [4.69, 9.17) is 16.3 Å². The van der Waals surface area contributed by atoms with Crippen LogP contribution in [0.15, 0.2) is 42.5 Å². The van der Waals surface area contributed by atoms with Crippen molar-refractivity contribution in [3.63, 3.8) is 0 Å². The third-order valence-corrected chi connectivity index (χ3v) is 6.00. The molecule has 0 bridgehead atoms. The van der Waals surface area contributed by atoms with Crippen LogP contribution < -0.4 is 15.0 Å². The average Bonchev–Trinajstić information content (AvgIpc) is 3.05. The number of halogens is 2. The molecule has 4 rings (SSSR count). The summed E-state index contributed by atoms with van der Waals surface area (Å²) in [6.07, 6.45) is 1.86. The summed E-state index contributed by atoms with van der Waals surface area (Å²) in [5, 5.41) is 3.41. The number of anilines is 2. The van der Waals surface area contributed by atoms with Gasteiger partial charge in [0.15, 0.2) is 0 Å². The lowest BCUT2D eigenvalue weighted by atomic mass is 10.0. The first-order valence-corrected chi connectivity index (χ1v) is 10.3. The number of likely N-dealkylation sites (tertiary alicyclic amines) is 1. The Morgan fingerprint density at radius 2 is 1.80 bits per heavy atom. The van der Waals surface area contributed by atoms with E-state index in [1.807, 2.05) is 24.3 Å². The third kappa shape index (κ3) is 4.13. The van der Waals surface area contributed by atoms with Crippen molar-refractivity contribution >= 4 is 34.8 Å². The van der Waals surface area contributed by atoms with Gasteiger partial charge in [0.05, 0.1) is 30.3 Å². The maximum absolute atomic E-state index is 13.4. The van der Waals surface area contributed by atoms with Gasteiger partial charge in [-0.15, -0.1) is 0 Å². The van der Waals surface area contributed by atoms with Crippen LogP contribution in [0.2, 0.25) is 5.02 Å². The van der Waals surface area contributed by atoms with Crippen LogP contribution in [0.25, 0.3) is 0 Å². The first-order chi connectivity index (χ1) is 14.5. The van der Waals surface area contributed by atoms with Crippen molar-refractivity contribution in [2.75, 3.05) is 30.4 Å². The van der Waals surface area contributed by atoms with Crippen LogP contribution in [0, 0.1) is 5.82 Å². The predicted octanol–water partition coefficient (Wildman–Crippen LogP) is 3.70. The Morgan fingerprint density at radius 3 is 2.43 bits per heavy atom. The van der Waals surface area contributed by atoms with Crippen LogP contribution in [0.5, 0.6) is 5.75 Å². The Hall–Kier alpha value is -2.64. The number of ether oxygens (including phenoxy) is 1. The van der Waals surface area contributed by atoms with Gasteiger partial charge < -0.3 is 10.1 Å². The van der Waals surface area contributed by atoms with Crippen molar-refractivity contribution in [3.05, 3.63) is 53.3 Å². The third-order valence-electron chi connectivity index (χ3n) is 5.72. The van der Waals surface area contributed by atoms with E-state index in [1.165, 1.54) is 18.2 Å². The molecule has 2 aromatic carbocycles. The molecule has 0 aliphatic carbocycles. The number of benzene rings is 2. The molecule has 2 amide bonds. The normalized spacial score (nSPS) is 20.6. The molecule has 0 saturated carbocycles. The van der Waals surface area contributed by atoms with E-state index in [-0.39, 0.29) is 23.3 Å². The molecule has 158 valence electrons. The number of rotatable bonds is 5. The zero-order valence-corrected chi connectivity index (χ0v) is 17.4. The number of amides is 2. The van der Waals surface area contributed by atoms with E-state index in [0.717, 1.165) is 42.3 Å². The van der Waals surface area contributed by atoms with Gasteiger partial charge in [-0.2, -0.15) is 0 Å². The molecule has 2 heterocycles. The number of imide groups is 1. The second-order valence-electron chi connectivity index (χ2n) is 7.57. The number of carbonyl (C=O) groups excluding carboxylic acids is 2. The van der Waals surface area contributed by atoms with E-state index >= 15 is 0 Å². The lowest BCUT2D eigenvalue weighted by Gasteiger charge is -2.35. The lowest BCUT2D eigenvalue weighted by Crippen LogP contribution is -2.48. The Labute approximate surface area is 179 Å². The van der Waals surface area contributed by atoms with E-state index < -0.39 is 11.9 Å². The number of carbonyl (C=O) groups is 2. The monoisotopic (exact) mass is 431 g/mol. The second kappa shape index (κ2) is 8.62. The Bertz CT molecular complexity index is 945. The van der Waals surface area contributed by atoms with E-state index in [2.05, 4.69) is 10.2 Å². The minimum absolute atomic E-state index is 0.109. The highest BCUT2D eigenvalue weighted by Crippen LogP contribution is 2.30. The van der Waals surface area contributed by atoms with Crippen molar-refractivity contribution in [1.82, 2.24) is 4.90 Å². The number of nitrogens with one attached hydrogen (secondary N) is 1. The molecule has 2 fully saturated rings. The van der Waals surface area contributed by atoms with Gasteiger partial charge in [0.1, 0.15) is 11.6 Å². The van der Waals surface area contributed by atoms with Gasteiger partial charge in [0, 0.05) is 24.8 Å². The van der Waals surface area contributed by atoms with Crippen LogP contribution in [0.1, 0.15) is 19.3 Å². The van der Waals surface area contributed by atoms with Gasteiger partial charge in [-0.25, -0.2) is 9.29 Å². The highest BCUT2D eigenvalue weighted by molar-refractivity contribution is 6.31. The van der Waals surface area contributed by atoms with Crippen molar-refractivity contribution in [1.29, 1.82) is 0 Å². The Balaban J connectivity index is 1.37. The molecule has 0 aromatic heterocycles. The number of methoxy groups -OCH3 is 1. The van der Waals surface area contributed by atoms with E-state index in [1.54, 1.807) is 7.11 Å². The van der Waals surface area contributed by atoms with Gasteiger partial charge in [0.2, 0.25) is 5.91 Å². The maximum Gasteiger partial charge on any atom is 0.251 e. The fraction of sp³-hybridized carbons (Fsp3) is 0.364. The molecule has 2 aliphatic heterocycles. The van der Waals surface area contributed by atoms with E-state index in [0.29, 0.717) is 11.7 Å². The van der Waals surface area contributed by atoms with Gasteiger partial charge in [-0.3, -0.25) is 14.5 Å². The molecule has 1 N–H and O–H groups in total. The van der Waals surface area contributed by atoms with E-state index in [9.17, 15) is 14.0 Å². The predicted molar refractivity (Wildman–Crippen MR) is 114 cm³/mol. The quantitative estimate of drug-likeness (QED) is 0.731. The van der Waals surface area contributed by atoms with Crippen LogP contribution in [0.4, 0.5) is 15.8 Å². The highest BCUT2D eigenvalue weighted by Gasteiger charge is 2.43. The summed E-state index contributed by atoms with van der Waals surface area (Å²) in [6.45, 7) is 1.44. The number of piperidine rings is 1. The molecule has 2 aromatic rings. The molecule has 30 heavy (non-hydrogen) atoms. The minimum atomic E-state index is -0.581. The Morgan fingerprint density at radius 1 is 1.10 bits per heavy atom. The van der Waals surface area contributed by atoms with Crippen LogP contribution in [0.3, 0.4) is 0 Å². The highest BCUT2D eigenvalue weighted by atomic mass is 35.5. The summed E-state index contributed by atoms with van der Waals surface area (Å²) in [5.41, 5.74) is 1.34. The smallest absolute Gasteiger partial charge is 0.251 e. The molecule has 0 unspecified atom stereocenters. The standard InChI is InChI=1S/C22H23ClFN3O3/c1-30-17-5-2-14(3-6-17)25-15-8-10-26(11-9-15)20-13-21(28)27(22(20)29)16-4-7-19(24)18(23)12-16/h2-7,12,15,20,25H,8-11,13H2,1H3/t20-/m0/s1. The largest absolute Gasteiger partial charge is 0.497 e. The molecule has 8 heteroatoms. The lowest BCUT2D eigenvalue weighted by molar-refractivity contribution is -0.123. The summed E-state index contributed by atoms with van der Waals surface area (Å²) >= 11 is 5.82. The second-order valence-corrected chi connectivity index (χ2v) is 7.98. The first-order valence-electron chi connectivity index (χ1n) is 9.93. The molecule has 1 atom stereocenters. The molecule has 0 spiro atoms. The number of hydrogen-bond donors (Lipinski definition) is 1. The molecule has 6 nitrogen and oxygen atoms in total. The Kier molecular flexibility index (Phi) is 5.92. The number of nitrogens with zero attached hydrogens (tertiary/aromatic N) is 2.